The number of nitrogens with two attached hydrogens (primary N) is 1. The lowest BCUT2D eigenvalue weighted by molar-refractivity contribution is 0.464. The van der Waals surface area contributed by atoms with Gasteiger partial charge in [-0.1, -0.05) is 23.2 Å². The third-order valence-corrected chi connectivity index (χ3v) is 2.28. The van der Waals surface area contributed by atoms with E-state index < -0.39 is 0 Å². The van der Waals surface area contributed by atoms with Crippen molar-refractivity contribution in [3.8, 4) is 5.75 Å². The zero-order valence-electron chi connectivity index (χ0n) is 6.51. The van der Waals surface area contributed by atoms with Crippen LogP contribution in [0.5, 0.6) is 5.75 Å². The van der Waals surface area contributed by atoms with Gasteiger partial charge >= 0.3 is 0 Å². The van der Waals surface area contributed by atoms with E-state index in [0.29, 0.717) is 15.6 Å². The van der Waals surface area contributed by atoms with Crippen molar-refractivity contribution in [3.05, 3.63) is 27.7 Å². The van der Waals surface area contributed by atoms with E-state index in [-0.39, 0.29) is 11.8 Å². The van der Waals surface area contributed by atoms with E-state index in [9.17, 15) is 5.11 Å². The first-order valence-electron chi connectivity index (χ1n) is 3.46. The number of phenols is 1. The van der Waals surface area contributed by atoms with Crippen molar-refractivity contribution in [3.63, 3.8) is 0 Å². The van der Waals surface area contributed by atoms with E-state index in [1.54, 1.807) is 13.0 Å². The third-order valence-electron chi connectivity index (χ3n) is 1.56. The number of halogens is 2. The Morgan fingerprint density at radius 2 is 1.83 bits per heavy atom. The molecule has 0 radical (unpaired) electrons. The Morgan fingerprint density at radius 3 is 2.33 bits per heavy atom. The van der Waals surface area contributed by atoms with Crippen LogP contribution >= 0.6 is 23.2 Å². The van der Waals surface area contributed by atoms with Gasteiger partial charge in [0.1, 0.15) is 5.75 Å². The van der Waals surface area contributed by atoms with Crippen LogP contribution in [0.3, 0.4) is 0 Å². The van der Waals surface area contributed by atoms with Gasteiger partial charge in [0.2, 0.25) is 0 Å². The molecule has 1 aromatic carbocycles. The predicted molar refractivity (Wildman–Crippen MR) is 50.7 cm³/mol. The first-order chi connectivity index (χ1) is 5.52. The van der Waals surface area contributed by atoms with Crippen LogP contribution in [0.15, 0.2) is 12.1 Å². The zero-order valence-corrected chi connectivity index (χ0v) is 8.02. The van der Waals surface area contributed by atoms with Gasteiger partial charge in [-0.2, -0.15) is 0 Å². The van der Waals surface area contributed by atoms with Gasteiger partial charge in [0, 0.05) is 17.7 Å². The Labute approximate surface area is 80.9 Å². The standard InChI is InChI=1S/C8H9Cl2NO/c1-4(11)5-2-6(9)7(10)3-8(5)12/h2-4,12H,11H2,1H3/t4-/m0/s1. The van der Waals surface area contributed by atoms with Crippen LogP contribution in [0.4, 0.5) is 0 Å². The summed E-state index contributed by atoms with van der Waals surface area (Å²) >= 11 is 11.4. The molecule has 66 valence electrons. The molecule has 2 nitrogen and oxygen atoms in total. The number of hydrogen-bond acceptors (Lipinski definition) is 2. The lowest BCUT2D eigenvalue weighted by atomic mass is 10.1. The quantitative estimate of drug-likeness (QED) is 0.741. The molecule has 0 amide bonds. The lowest BCUT2D eigenvalue weighted by Crippen LogP contribution is -2.04. The fourth-order valence-electron chi connectivity index (χ4n) is 0.916. The largest absolute Gasteiger partial charge is 0.508 e. The molecule has 1 aromatic rings. The molecule has 0 fully saturated rings. The summed E-state index contributed by atoms with van der Waals surface area (Å²) in [5, 5.41) is 10.1. The van der Waals surface area contributed by atoms with Crippen molar-refractivity contribution in [2.24, 2.45) is 5.73 Å². The molecule has 0 unspecified atom stereocenters. The summed E-state index contributed by atoms with van der Waals surface area (Å²) in [5.41, 5.74) is 6.17. The molecule has 1 rings (SSSR count). The minimum absolute atomic E-state index is 0.0828. The van der Waals surface area contributed by atoms with Crippen LogP contribution in [-0.4, -0.2) is 5.11 Å². The monoisotopic (exact) mass is 205 g/mol. The highest BCUT2D eigenvalue weighted by Crippen LogP contribution is 2.32. The molecule has 0 saturated carbocycles. The Bertz CT molecular complexity index is 299. The summed E-state index contributed by atoms with van der Waals surface area (Å²) in [7, 11) is 0. The fraction of sp³-hybridized carbons (Fsp3) is 0.250. The minimum atomic E-state index is -0.250. The van der Waals surface area contributed by atoms with E-state index in [1.165, 1.54) is 6.07 Å². The van der Waals surface area contributed by atoms with E-state index >= 15 is 0 Å². The summed E-state index contributed by atoms with van der Waals surface area (Å²) < 4.78 is 0. The summed E-state index contributed by atoms with van der Waals surface area (Å²) in [4.78, 5) is 0. The Balaban J connectivity index is 3.23. The molecule has 0 aliphatic heterocycles. The van der Waals surface area contributed by atoms with Crippen LogP contribution in [-0.2, 0) is 0 Å². The second-order valence-corrected chi connectivity index (χ2v) is 3.43. The smallest absolute Gasteiger partial charge is 0.121 e. The molecule has 4 heteroatoms. The number of benzene rings is 1. The van der Waals surface area contributed by atoms with Crippen molar-refractivity contribution in [1.82, 2.24) is 0 Å². The van der Waals surface area contributed by atoms with Crippen LogP contribution in [0.2, 0.25) is 10.0 Å². The second-order valence-electron chi connectivity index (χ2n) is 2.61. The number of rotatable bonds is 1. The van der Waals surface area contributed by atoms with Crippen LogP contribution in [0, 0.1) is 0 Å². The molecule has 0 heterocycles. The second kappa shape index (κ2) is 3.52. The average Bonchev–Trinajstić information content (AvgIpc) is 1.96. The van der Waals surface area contributed by atoms with E-state index in [0.717, 1.165) is 0 Å². The molecular formula is C8H9Cl2NO. The minimum Gasteiger partial charge on any atom is -0.508 e. The normalized spacial score (nSPS) is 13.0. The topological polar surface area (TPSA) is 46.2 Å². The summed E-state index contributed by atoms with van der Waals surface area (Å²) in [6.07, 6.45) is 0. The van der Waals surface area contributed by atoms with E-state index in [2.05, 4.69) is 0 Å². The van der Waals surface area contributed by atoms with Crippen LogP contribution < -0.4 is 5.73 Å². The molecule has 1 atom stereocenters. The van der Waals surface area contributed by atoms with Gasteiger partial charge in [-0.25, -0.2) is 0 Å². The SMILES string of the molecule is C[C@H](N)c1cc(Cl)c(Cl)cc1O. The molecule has 0 aliphatic carbocycles. The van der Waals surface area contributed by atoms with Gasteiger partial charge in [-0.3, -0.25) is 0 Å². The van der Waals surface area contributed by atoms with Gasteiger partial charge in [-0.05, 0) is 13.0 Å². The first kappa shape index (κ1) is 9.65. The fourth-order valence-corrected chi connectivity index (χ4v) is 1.25. The van der Waals surface area contributed by atoms with Crippen molar-refractivity contribution in [1.29, 1.82) is 0 Å². The molecule has 0 bridgehead atoms. The van der Waals surface area contributed by atoms with Crippen molar-refractivity contribution >= 4 is 23.2 Å². The first-order valence-corrected chi connectivity index (χ1v) is 4.21. The average molecular weight is 206 g/mol. The highest BCUT2D eigenvalue weighted by atomic mass is 35.5. The van der Waals surface area contributed by atoms with Crippen molar-refractivity contribution in [2.75, 3.05) is 0 Å². The zero-order chi connectivity index (χ0) is 9.30. The van der Waals surface area contributed by atoms with Crippen LogP contribution in [0.25, 0.3) is 0 Å². The Hall–Kier alpha value is -0.440. The molecule has 0 spiro atoms. The predicted octanol–water partition coefficient (Wildman–Crippen LogP) is 2.72. The van der Waals surface area contributed by atoms with E-state index in [1.807, 2.05) is 0 Å². The molecular weight excluding hydrogens is 197 g/mol. The summed E-state index contributed by atoms with van der Waals surface area (Å²) in [5.74, 6) is 0.0828. The molecule has 12 heavy (non-hydrogen) atoms. The van der Waals surface area contributed by atoms with Crippen molar-refractivity contribution in [2.45, 2.75) is 13.0 Å². The Kier molecular flexibility index (Phi) is 2.83. The van der Waals surface area contributed by atoms with Crippen molar-refractivity contribution < 1.29 is 5.11 Å². The summed E-state index contributed by atoms with van der Waals surface area (Å²) in [6.45, 7) is 1.76. The van der Waals surface area contributed by atoms with Gasteiger partial charge < -0.3 is 10.8 Å². The van der Waals surface area contributed by atoms with Gasteiger partial charge in [0.15, 0.2) is 0 Å². The molecule has 0 aromatic heterocycles. The van der Waals surface area contributed by atoms with Crippen LogP contribution in [0.1, 0.15) is 18.5 Å². The molecule has 3 N–H and O–H groups in total. The maximum atomic E-state index is 9.36. The van der Waals surface area contributed by atoms with Gasteiger partial charge in [0.05, 0.1) is 10.0 Å². The number of hydrogen-bond donors (Lipinski definition) is 2. The molecule has 0 saturated heterocycles. The highest BCUT2D eigenvalue weighted by molar-refractivity contribution is 6.42. The highest BCUT2D eigenvalue weighted by Gasteiger charge is 2.09. The van der Waals surface area contributed by atoms with Gasteiger partial charge in [-0.15, -0.1) is 0 Å². The maximum Gasteiger partial charge on any atom is 0.121 e. The molecule has 0 aliphatic rings. The van der Waals surface area contributed by atoms with E-state index in [4.69, 9.17) is 28.9 Å². The number of aromatic hydroxyl groups is 1. The van der Waals surface area contributed by atoms with Gasteiger partial charge in [0.25, 0.3) is 0 Å². The number of phenolic OH excluding ortho intramolecular Hbond substituents is 1. The third kappa shape index (κ3) is 1.83. The summed E-state index contributed by atoms with van der Waals surface area (Å²) in [6, 6.07) is 2.71. The Morgan fingerprint density at radius 1 is 1.33 bits per heavy atom. The lowest BCUT2D eigenvalue weighted by Gasteiger charge is -2.09. The maximum absolute atomic E-state index is 9.36.